The van der Waals surface area contributed by atoms with Gasteiger partial charge in [0.05, 0.1) is 21.5 Å². The Morgan fingerprint density at radius 1 is 0.413 bits per heavy atom. The highest BCUT2D eigenvalue weighted by atomic mass is 19.2. The van der Waals surface area contributed by atoms with Crippen LogP contribution in [0.15, 0.2) is 68.5 Å². The molecule has 0 N–H and O–H groups in total. The molecule has 3 aliphatic heterocycles. The van der Waals surface area contributed by atoms with Crippen LogP contribution in [0.4, 0.5) is 51.1 Å². The molecule has 0 fully saturated rings. The molecule has 0 radical (unpaired) electrons. The van der Waals surface area contributed by atoms with E-state index in [0.29, 0.717) is 20.1 Å². The highest BCUT2D eigenvalue weighted by molar-refractivity contribution is 6.50. The van der Waals surface area contributed by atoms with Gasteiger partial charge in [-0.25, -0.2) is 55.1 Å². The first-order valence-corrected chi connectivity index (χ1v) is 13.3. The van der Waals surface area contributed by atoms with Crippen molar-refractivity contribution in [3.8, 4) is 11.1 Å². The summed E-state index contributed by atoms with van der Waals surface area (Å²) in [5, 5.41) is -4.29. The van der Waals surface area contributed by atoms with Crippen LogP contribution < -0.4 is 11.0 Å². The summed E-state index contributed by atoms with van der Waals surface area (Å²) >= 11 is 0. The Morgan fingerprint density at radius 2 is 0.804 bits per heavy atom. The molecule has 4 bridgehead atoms. The maximum atomic E-state index is 16.9. The van der Waals surface area contributed by atoms with Gasteiger partial charge in [-0.1, -0.05) is 48.5 Å². The molecular weight excluding hydrogens is 626 g/mol. The number of aromatic nitrogens is 2. The molecule has 5 heterocycles. The Labute approximate surface area is 249 Å². The van der Waals surface area contributed by atoms with Gasteiger partial charge < -0.3 is 8.96 Å². The average Bonchev–Trinajstić information content (AvgIpc) is 3.52. The van der Waals surface area contributed by atoms with E-state index in [1.807, 2.05) is 0 Å². The molecule has 46 heavy (non-hydrogen) atoms. The van der Waals surface area contributed by atoms with Crippen LogP contribution in [0.5, 0.6) is 0 Å². The van der Waals surface area contributed by atoms with E-state index in [0.717, 1.165) is 0 Å². The van der Waals surface area contributed by atoms with Crippen LogP contribution in [0.2, 0.25) is 0 Å². The van der Waals surface area contributed by atoms with Crippen LogP contribution in [0.1, 0.15) is 11.1 Å². The second kappa shape index (κ2) is 8.74. The number of hydrogen-bond acceptors (Lipinski definition) is 4. The van der Waals surface area contributed by atoms with Gasteiger partial charge in [0, 0.05) is 11.1 Å². The van der Waals surface area contributed by atoms with Crippen LogP contribution >= 0.6 is 0 Å². The number of halogens is 9. The zero-order chi connectivity index (χ0) is 31.9. The minimum atomic E-state index is -2.78. The lowest BCUT2D eigenvalue weighted by Gasteiger charge is -2.17. The van der Waals surface area contributed by atoms with E-state index in [2.05, 4.69) is 20.0 Å². The van der Waals surface area contributed by atoms with E-state index in [4.69, 9.17) is 0 Å². The fraction of sp³-hybridized carbons (Fsp3) is 0. The number of hydrogen-bond donors (Lipinski definition) is 0. The molecule has 6 nitrogen and oxygen atoms in total. The number of rotatable bonds is 0. The molecule has 0 saturated heterocycles. The zero-order valence-corrected chi connectivity index (χ0v) is 22.3. The monoisotopic (exact) mass is 634 g/mol. The Balaban J connectivity index is 1.62. The van der Waals surface area contributed by atoms with E-state index in [9.17, 15) is 17.6 Å². The third-order valence-corrected chi connectivity index (χ3v) is 8.24. The molecule has 2 aromatic heterocycles. The first kappa shape index (κ1) is 26.7. The molecule has 224 valence electrons. The van der Waals surface area contributed by atoms with E-state index >= 15 is 21.9 Å². The van der Waals surface area contributed by atoms with Crippen molar-refractivity contribution in [1.29, 1.82) is 0 Å². The maximum absolute atomic E-state index is 16.9. The van der Waals surface area contributed by atoms with Crippen molar-refractivity contribution in [2.24, 2.45) is 20.0 Å². The molecule has 0 saturated carbocycles. The second-order valence-electron chi connectivity index (χ2n) is 10.5. The fourth-order valence-corrected chi connectivity index (χ4v) is 6.26. The molecule has 3 aliphatic rings. The molecule has 6 aromatic rings. The summed E-state index contributed by atoms with van der Waals surface area (Å²) in [4.78, 5) is 17.2. The van der Waals surface area contributed by atoms with Crippen LogP contribution in [0.3, 0.4) is 0 Å². The Kier molecular flexibility index (Phi) is 5.07. The predicted molar refractivity (Wildman–Crippen MR) is 148 cm³/mol. The third-order valence-electron chi connectivity index (χ3n) is 8.24. The number of benzene rings is 4. The molecule has 0 unspecified atom stereocenters. The van der Waals surface area contributed by atoms with Gasteiger partial charge in [0.25, 0.3) is 0 Å². The number of amidine groups is 2. The van der Waals surface area contributed by atoms with Gasteiger partial charge in [-0.3, -0.25) is 4.32 Å². The van der Waals surface area contributed by atoms with E-state index in [-0.39, 0.29) is 22.8 Å². The summed E-state index contributed by atoms with van der Waals surface area (Å²) in [5.74, 6) is -19.3. The predicted octanol–water partition coefficient (Wildman–Crippen LogP) is 6.46. The van der Waals surface area contributed by atoms with Crippen LogP contribution in [-0.2, 0) is 0 Å². The van der Waals surface area contributed by atoms with Gasteiger partial charge in [0.15, 0.2) is 58.2 Å². The maximum Gasteiger partial charge on any atom is 0.601 e. The number of nitrogens with zero attached hydrogens (tertiary/aromatic N) is 6. The summed E-state index contributed by atoms with van der Waals surface area (Å²) in [6, 6.07) is 12.9. The standard InChI is InChI=1S/C30H8BF9N6/c32-17-13-15(19(34)23(38)21(17)36)29-44-30-16-14(18(33)22(37)24(39)20(16)35)28-43-26-12-8-4-2-6-10(12)9-5-1-3-7-11(9)25(41-26)42-27(13)45(29)31(40)46(28)30/h1-8H. The van der Waals surface area contributed by atoms with Gasteiger partial charge in [0.2, 0.25) is 0 Å². The summed E-state index contributed by atoms with van der Waals surface area (Å²) in [5.41, 5.74) is -0.317. The molecule has 0 atom stereocenters. The summed E-state index contributed by atoms with van der Waals surface area (Å²) in [6.45, 7) is 0. The Bertz CT molecular complexity index is 2660. The fourth-order valence-electron chi connectivity index (χ4n) is 6.26. The van der Waals surface area contributed by atoms with E-state index in [1.54, 1.807) is 48.5 Å². The van der Waals surface area contributed by atoms with Crippen LogP contribution in [-0.4, -0.2) is 27.9 Å². The smallest absolute Gasteiger partial charge is 0.303 e. The molecule has 0 amide bonds. The largest absolute Gasteiger partial charge is 0.601 e. The van der Waals surface area contributed by atoms with E-state index < -0.39 is 98.0 Å². The van der Waals surface area contributed by atoms with Gasteiger partial charge in [-0.15, -0.1) is 0 Å². The summed E-state index contributed by atoms with van der Waals surface area (Å²) in [7, 11) is -2.78. The second-order valence-corrected chi connectivity index (χ2v) is 10.5. The van der Waals surface area contributed by atoms with E-state index in [1.165, 1.54) is 0 Å². The van der Waals surface area contributed by atoms with Crippen molar-refractivity contribution in [1.82, 2.24) is 8.96 Å². The number of fused-ring (bicyclic) bond motifs is 12. The number of aliphatic imine (C=N–C) groups is 2. The lowest BCUT2D eigenvalue weighted by atomic mass is 9.95. The van der Waals surface area contributed by atoms with Gasteiger partial charge in [-0.2, -0.15) is 0 Å². The molecule has 4 aromatic carbocycles. The topological polar surface area (TPSA) is 59.3 Å². The van der Waals surface area contributed by atoms with Crippen molar-refractivity contribution in [2.45, 2.75) is 0 Å². The van der Waals surface area contributed by atoms with Crippen LogP contribution in [0, 0.1) is 46.5 Å². The quantitative estimate of drug-likeness (QED) is 0.0798. The highest BCUT2D eigenvalue weighted by Crippen LogP contribution is 2.45. The first-order valence-electron chi connectivity index (χ1n) is 13.3. The van der Waals surface area contributed by atoms with Crippen LogP contribution in [0.25, 0.3) is 32.7 Å². The van der Waals surface area contributed by atoms with Gasteiger partial charge in [0.1, 0.15) is 22.6 Å². The zero-order valence-electron chi connectivity index (χ0n) is 22.3. The molecule has 16 heteroatoms. The minimum absolute atomic E-state index is 0.252. The van der Waals surface area contributed by atoms with Gasteiger partial charge in [-0.05, 0) is 11.1 Å². The summed E-state index contributed by atoms with van der Waals surface area (Å²) in [6.07, 6.45) is 0. The minimum Gasteiger partial charge on any atom is -0.303 e. The molecule has 0 aliphatic carbocycles. The average molecular weight is 634 g/mol. The van der Waals surface area contributed by atoms with Crippen molar-refractivity contribution in [3.63, 3.8) is 0 Å². The Morgan fingerprint density at radius 3 is 1.30 bits per heavy atom. The molecule has 9 rings (SSSR count). The first-order chi connectivity index (χ1) is 22.1. The summed E-state index contributed by atoms with van der Waals surface area (Å²) < 4.78 is 139. The normalized spacial score (nSPS) is 14.3. The SMILES string of the molecule is FB1n2c3c4c(F)c(F)c(F)c(F)c4c2N=c2c4c(F)c(F)c(F)c(F)c4c(n21)=NC1=NC(=N3)c2ccccc2-c2ccccc21. The Hall–Kier alpha value is -5.67. The molecule has 0 spiro atoms. The van der Waals surface area contributed by atoms with Crippen molar-refractivity contribution in [3.05, 3.63) is 117 Å². The van der Waals surface area contributed by atoms with Crippen molar-refractivity contribution < 1.29 is 39.4 Å². The van der Waals surface area contributed by atoms with Gasteiger partial charge >= 0.3 is 7.26 Å². The highest BCUT2D eigenvalue weighted by Gasteiger charge is 2.42. The lowest BCUT2D eigenvalue weighted by molar-refractivity contribution is 0.418. The lowest BCUT2D eigenvalue weighted by Crippen LogP contribution is -2.45. The van der Waals surface area contributed by atoms with Crippen molar-refractivity contribution >= 4 is 52.1 Å². The van der Waals surface area contributed by atoms with Crippen molar-refractivity contribution in [2.75, 3.05) is 0 Å². The molecular formula is C30H8BF9N6. The third kappa shape index (κ3) is 3.05.